The number of hydrogen-bond donors (Lipinski definition) is 2. The Bertz CT molecular complexity index is 1370. The quantitative estimate of drug-likeness (QED) is 0.191. The second kappa shape index (κ2) is 21.4. The number of ether oxygens (including phenoxy) is 3. The van der Waals surface area contributed by atoms with E-state index in [1.807, 2.05) is 63.2 Å². The molecule has 312 valence electrons. The molecule has 1 aromatic carbocycles. The average Bonchev–Trinajstić information content (AvgIpc) is 3.80. The third-order valence-corrected chi connectivity index (χ3v) is 12.0. The number of hydrogen-bond acceptors (Lipinski definition) is 9. The number of aliphatic hydroxyl groups is 1. The summed E-state index contributed by atoms with van der Waals surface area (Å²) in [4.78, 5) is 63.6. The molecule has 13 heteroatoms. The molecule has 1 unspecified atom stereocenters. The van der Waals surface area contributed by atoms with Crippen molar-refractivity contribution in [2.75, 3.05) is 55.6 Å². The number of likely N-dealkylation sites (N-methyl/N-ethyl adjacent to an activating group) is 2. The van der Waals surface area contributed by atoms with Crippen molar-refractivity contribution in [3.8, 4) is 0 Å². The number of carbonyl (C=O) groups is 4. The van der Waals surface area contributed by atoms with Gasteiger partial charge in [-0.25, -0.2) is 0 Å². The highest BCUT2D eigenvalue weighted by Crippen LogP contribution is 2.32. The van der Waals surface area contributed by atoms with Crippen molar-refractivity contribution >= 4 is 23.6 Å². The number of likely N-dealkylation sites (tertiary alicyclic amines) is 2. The van der Waals surface area contributed by atoms with Gasteiger partial charge in [-0.05, 0) is 63.1 Å². The highest BCUT2D eigenvalue weighted by atomic mass is 16.6. The van der Waals surface area contributed by atoms with Crippen molar-refractivity contribution in [1.29, 1.82) is 0 Å². The molecule has 2 heterocycles. The molecule has 2 aliphatic rings. The van der Waals surface area contributed by atoms with E-state index in [0.717, 1.165) is 18.4 Å². The van der Waals surface area contributed by atoms with Crippen LogP contribution < -0.4 is 5.32 Å². The molecule has 0 spiro atoms. The maximum absolute atomic E-state index is 14.4. The fourth-order valence-electron chi connectivity index (χ4n) is 8.91. The van der Waals surface area contributed by atoms with Gasteiger partial charge in [0.05, 0.1) is 48.7 Å². The molecule has 2 aliphatic heterocycles. The van der Waals surface area contributed by atoms with Crippen LogP contribution in [0, 0.1) is 23.7 Å². The molecule has 4 amide bonds. The Labute approximate surface area is 330 Å². The molecule has 0 aliphatic carbocycles. The Morgan fingerprint density at radius 2 is 1.62 bits per heavy atom. The second-order valence-corrected chi connectivity index (χ2v) is 16.5. The second-order valence-electron chi connectivity index (χ2n) is 16.5. The first-order valence-electron chi connectivity index (χ1n) is 20.2. The van der Waals surface area contributed by atoms with Crippen molar-refractivity contribution in [2.24, 2.45) is 23.7 Å². The minimum Gasteiger partial charge on any atom is -0.379 e. The molecule has 0 radical (unpaired) electrons. The summed E-state index contributed by atoms with van der Waals surface area (Å²) in [6.07, 6.45) is 0.720. The minimum absolute atomic E-state index is 0.00374. The summed E-state index contributed by atoms with van der Waals surface area (Å²) in [6.45, 7) is 13.1. The van der Waals surface area contributed by atoms with Crippen molar-refractivity contribution in [1.82, 2.24) is 24.9 Å². The van der Waals surface area contributed by atoms with Crippen molar-refractivity contribution < 1.29 is 38.5 Å². The fourth-order valence-corrected chi connectivity index (χ4v) is 8.91. The molecular formula is C42H71N5O8. The van der Waals surface area contributed by atoms with Crippen LogP contribution in [-0.4, -0.2) is 153 Å². The van der Waals surface area contributed by atoms with E-state index in [-0.39, 0.29) is 59.9 Å². The van der Waals surface area contributed by atoms with Gasteiger partial charge < -0.3 is 39.3 Å². The first kappa shape index (κ1) is 46.3. The minimum atomic E-state index is -1.22. The monoisotopic (exact) mass is 774 g/mol. The van der Waals surface area contributed by atoms with Crippen molar-refractivity contribution in [2.45, 2.75) is 129 Å². The lowest BCUT2D eigenvalue weighted by molar-refractivity contribution is -0.152. The molecule has 11 atom stereocenters. The SMILES string of the molecule is CC[C@H](C)[C@@H]([C@@H](CC(=O)N1CCC[C@H]1[C@H](OC)[C@@H](C)C(=O)N[C@@H](Cc1ccccc1)C(O)OC)OC)N(C)C(=O)[C@@H]1C[C@H](C)CN1C(=O)[C@H](C(C)C)N(C)C. The van der Waals surface area contributed by atoms with E-state index >= 15 is 0 Å². The number of nitrogens with zero attached hydrogens (tertiary/aromatic N) is 4. The smallest absolute Gasteiger partial charge is 0.245 e. The van der Waals surface area contributed by atoms with Gasteiger partial charge in [0.25, 0.3) is 0 Å². The van der Waals surface area contributed by atoms with Crippen LogP contribution in [0.2, 0.25) is 0 Å². The van der Waals surface area contributed by atoms with E-state index in [1.165, 1.54) is 7.11 Å². The van der Waals surface area contributed by atoms with E-state index in [9.17, 15) is 24.3 Å². The summed E-state index contributed by atoms with van der Waals surface area (Å²) >= 11 is 0. The van der Waals surface area contributed by atoms with Crippen LogP contribution >= 0.6 is 0 Å². The topological polar surface area (TPSA) is 141 Å². The highest BCUT2D eigenvalue weighted by molar-refractivity contribution is 5.91. The van der Waals surface area contributed by atoms with Crippen LogP contribution in [0.5, 0.6) is 0 Å². The number of methoxy groups -OCH3 is 3. The van der Waals surface area contributed by atoms with Gasteiger partial charge in [-0.1, -0.05) is 78.3 Å². The van der Waals surface area contributed by atoms with Crippen molar-refractivity contribution in [3.63, 3.8) is 0 Å². The van der Waals surface area contributed by atoms with Gasteiger partial charge in [0.2, 0.25) is 23.6 Å². The summed E-state index contributed by atoms with van der Waals surface area (Å²) in [5.74, 6) is -1.02. The van der Waals surface area contributed by atoms with Crippen LogP contribution in [0.25, 0.3) is 0 Å². The molecule has 13 nitrogen and oxygen atoms in total. The average molecular weight is 774 g/mol. The summed E-state index contributed by atoms with van der Waals surface area (Å²) < 4.78 is 17.2. The van der Waals surface area contributed by atoms with Gasteiger partial charge in [-0.15, -0.1) is 0 Å². The third-order valence-electron chi connectivity index (χ3n) is 12.0. The molecular weight excluding hydrogens is 702 g/mol. The molecule has 3 rings (SSSR count). The molecule has 2 fully saturated rings. The van der Waals surface area contributed by atoms with Gasteiger partial charge in [0, 0.05) is 41.5 Å². The first-order valence-corrected chi connectivity index (χ1v) is 20.2. The molecule has 55 heavy (non-hydrogen) atoms. The predicted molar refractivity (Wildman–Crippen MR) is 213 cm³/mol. The largest absolute Gasteiger partial charge is 0.379 e. The maximum atomic E-state index is 14.4. The highest BCUT2D eigenvalue weighted by Gasteiger charge is 2.46. The fraction of sp³-hybridized carbons (Fsp3) is 0.762. The standard InChI is InChI=1S/C42H71N5O8/c1-13-28(5)37(45(9)40(50)33-22-27(4)25-47(33)41(51)36(26(2)3)44(7)8)34(53-10)24-35(48)46-21-17-20-32(46)38(54-11)29(6)39(49)43-31(42(52)55-12)23-30-18-15-14-16-19-30/h14-16,18-19,26-29,31-34,36-38,42,52H,13,17,20-25H2,1-12H3,(H,43,49)/t27-,28-,29+,31-,32-,33-,34+,36-,37-,38+,42?/m0/s1. The lowest BCUT2D eigenvalue weighted by Crippen LogP contribution is -2.58. The zero-order valence-electron chi connectivity index (χ0n) is 35.6. The zero-order valence-corrected chi connectivity index (χ0v) is 35.6. The van der Waals surface area contributed by atoms with Crippen LogP contribution in [-0.2, 0) is 39.8 Å². The first-order chi connectivity index (χ1) is 26.0. The lowest BCUT2D eigenvalue weighted by atomic mass is 9.89. The van der Waals surface area contributed by atoms with Crippen LogP contribution in [0.4, 0.5) is 0 Å². The van der Waals surface area contributed by atoms with Gasteiger partial charge >= 0.3 is 0 Å². The number of rotatable bonds is 20. The number of carbonyl (C=O) groups excluding carboxylic acids is 4. The van der Waals surface area contributed by atoms with Crippen LogP contribution in [0.15, 0.2) is 30.3 Å². The van der Waals surface area contributed by atoms with E-state index < -0.39 is 42.5 Å². The van der Waals surface area contributed by atoms with Crippen molar-refractivity contribution in [3.05, 3.63) is 35.9 Å². The summed E-state index contributed by atoms with van der Waals surface area (Å²) in [7, 11) is 10.1. The number of aliphatic hydroxyl groups excluding tert-OH is 1. The number of benzene rings is 1. The Morgan fingerprint density at radius 3 is 2.16 bits per heavy atom. The maximum Gasteiger partial charge on any atom is 0.245 e. The van der Waals surface area contributed by atoms with Gasteiger partial charge in [0.15, 0.2) is 6.29 Å². The number of nitrogens with one attached hydrogen (secondary N) is 1. The summed E-state index contributed by atoms with van der Waals surface area (Å²) in [5, 5.41) is 13.6. The van der Waals surface area contributed by atoms with E-state index in [2.05, 4.69) is 26.1 Å². The Morgan fingerprint density at radius 1 is 0.964 bits per heavy atom. The van der Waals surface area contributed by atoms with Gasteiger partial charge in [-0.3, -0.25) is 24.1 Å². The Hall–Kier alpha value is -3.10. The lowest BCUT2D eigenvalue weighted by Gasteiger charge is -2.41. The zero-order chi connectivity index (χ0) is 41.1. The van der Waals surface area contributed by atoms with Gasteiger partial charge in [-0.2, -0.15) is 0 Å². The summed E-state index contributed by atoms with van der Waals surface area (Å²) in [6, 6.07) is 7.15. The van der Waals surface area contributed by atoms with Gasteiger partial charge in [0.1, 0.15) is 6.04 Å². The Balaban J connectivity index is 1.79. The molecule has 2 N–H and O–H groups in total. The molecule has 1 aromatic rings. The predicted octanol–water partition coefficient (Wildman–Crippen LogP) is 3.42. The van der Waals surface area contributed by atoms with E-state index in [0.29, 0.717) is 32.4 Å². The molecule has 0 bridgehead atoms. The van der Waals surface area contributed by atoms with Crippen LogP contribution in [0.3, 0.4) is 0 Å². The van der Waals surface area contributed by atoms with Crippen LogP contribution in [0.1, 0.15) is 79.2 Å². The van der Waals surface area contributed by atoms with E-state index in [4.69, 9.17) is 14.2 Å². The molecule has 0 aromatic heterocycles. The summed E-state index contributed by atoms with van der Waals surface area (Å²) in [5.41, 5.74) is 0.941. The molecule has 2 saturated heterocycles. The third kappa shape index (κ3) is 11.5. The Kier molecular flexibility index (Phi) is 18.0. The molecule has 0 saturated carbocycles. The normalized spacial score (nSPS) is 23.2. The van der Waals surface area contributed by atoms with E-state index in [1.54, 1.807) is 42.9 Å². The number of amides is 4.